The Morgan fingerprint density at radius 1 is 1.17 bits per heavy atom. The quantitative estimate of drug-likeness (QED) is 0.691. The zero-order valence-corrected chi connectivity index (χ0v) is 16.6. The molecule has 1 aromatic heterocycles. The summed E-state index contributed by atoms with van der Waals surface area (Å²) in [5.41, 5.74) is 0.704. The molecule has 1 amide bonds. The molecule has 1 N–H and O–H groups in total. The lowest BCUT2D eigenvalue weighted by Gasteiger charge is -2.32. The molecule has 1 fully saturated rings. The van der Waals surface area contributed by atoms with Gasteiger partial charge in [0.15, 0.2) is 0 Å². The second kappa shape index (κ2) is 7.51. The number of rotatable bonds is 4. The smallest absolute Gasteiger partial charge is 0.254 e. The summed E-state index contributed by atoms with van der Waals surface area (Å²) in [5, 5.41) is 1.75. The zero-order valence-electron chi connectivity index (χ0n) is 12.8. The van der Waals surface area contributed by atoms with Crippen molar-refractivity contribution in [2.24, 2.45) is 0 Å². The Morgan fingerprint density at radius 3 is 2.50 bits per heavy atom. The minimum Gasteiger partial charge on any atom is -0.338 e. The Hall–Kier alpha value is -0.970. The number of benzene rings is 1. The minimum atomic E-state index is -3.45. The summed E-state index contributed by atoms with van der Waals surface area (Å²) in [6.07, 6.45) is 1.25. The Bertz CT molecular complexity index is 814. The molecule has 5 nitrogen and oxygen atoms in total. The summed E-state index contributed by atoms with van der Waals surface area (Å²) >= 11 is 3.37. The van der Waals surface area contributed by atoms with Crippen LogP contribution in [0.3, 0.4) is 0 Å². The third-order valence-corrected chi connectivity index (χ3v) is 7.83. The molecule has 1 aromatic carbocycles. The number of amides is 1. The molecule has 0 aliphatic carbocycles. The number of nitrogens with one attached hydrogen (secondary N) is 1. The molecule has 1 aliphatic rings. The number of sulfonamides is 1. The SMILES string of the molecule is O=C(c1ccccc1I)N1CCC(NS(=O)(=O)c2cccs2)CC1. The Kier molecular flexibility index (Phi) is 5.58. The molecule has 24 heavy (non-hydrogen) atoms. The molecule has 0 atom stereocenters. The molecule has 2 heterocycles. The van der Waals surface area contributed by atoms with E-state index in [0.29, 0.717) is 35.7 Å². The number of hydrogen-bond donors (Lipinski definition) is 1. The predicted molar refractivity (Wildman–Crippen MR) is 103 cm³/mol. The lowest BCUT2D eigenvalue weighted by atomic mass is 10.0. The van der Waals surface area contributed by atoms with Crippen molar-refractivity contribution in [3.63, 3.8) is 0 Å². The van der Waals surface area contributed by atoms with Gasteiger partial charge in [0.25, 0.3) is 5.91 Å². The fourth-order valence-electron chi connectivity index (χ4n) is 2.70. The molecule has 0 radical (unpaired) electrons. The molecule has 0 saturated carbocycles. The maximum Gasteiger partial charge on any atom is 0.254 e. The highest BCUT2D eigenvalue weighted by molar-refractivity contribution is 14.1. The predicted octanol–water partition coefficient (Wildman–Crippen LogP) is 2.94. The van der Waals surface area contributed by atoms with Crippen LogP contribution in [0.1, 0.15) is 23.2 Å². The van der Waals surface area contributed by atoms with Crippen LogP contribution in [0.15, 0.2) is 46.0 Å². The van der Waals surface area contributed by atoms with Gasteiger partial charge in [-0.15, -0.1) is 11.3 Å². The highest BCUT2D eigenvalue weighted by Crippen LogP contribution is 2.21. The van der Waals surface area contributed by atoms with E-state index in [4.69, 9.17) is 0 Å². The molecule has 128 valence electrons. The van der Waals surface area contributed by atoms with Crippen molar-refractivity contribution in [2.45, 2.75) is 23.1 Å². The van der Waals surface area contributed by atoms with Gasteiger partial charge in [0.1, 0.15) is 4.21 Å². The minimum absolute atomic E-state index is 0.0135. The van der Waals surface area contributed by atoms with Crippen LogP contribution in [0.25, 0.3) is 0 Å². The molecule has 1 saturated heterocycles. The van der Waals surface area contributed by atoms with E-state index in [1.54, 1.807) is 22.4 Å². The molecule has 0 spiro atoms. The number of piperidine rings is 1. The number of likely N-dealkylation sites (tertiary alicyclic amines) is 1. The first-order valence-corrected chi connectivity index (χ1v) is 11.0. The van der Waals surface area contributed by atoms with Crippen LogP contribution in [0.4, 0.5) is 0 Å². The number of carbonyl (C=O) groups excluding carboxylic acids is 1. The average molecular weight is 476 g/mol. The summed E-state index contributed by atoms with van der Waals surface area (Å²) in [5.74, 6) is 0.0135. The summed E-state index contributed by atoms with van der Waals surface area (Å²) in [7, 11) is -3.45. The number of hydrogen-bond acceptors (Lipinski definition) is 4. The largest absolute Gasteiger partial charge is 0.338 e. The van der Waals surface area contributed by atoms with E-state index in [-0.39, 0.29) is 11.9 Å². The summed E-state index contributed by atoms with van der Waals surface area (Å²) < 4.78 is 28.5. The second-order valence-electron chi connectivity index (χ2n) is 5.60. The van der Waals surface area contributed by atoms with Gasteiger partial charge in [0, 0.05) is 22.7 Å². The van der Waals surface area contributed by atoms with Crippen molar-refractivity contribution < 1.29 is 13.2 Å². The lowest BCUT2D eigenvalue weighted by Crippen LogP contribution is -2.46. The van der Waals surface area contributed by atoms with Gasteiger partial charge in [-0.05, 0) is 59.0 Å². The Labute approximate surface area is 159 Å². The lowest BCUT2D eigenvalue weighted by molar-refractivity contribution is 0.0710. The Balaban J connectivity index is 1.60. The first kappa shape index (κ1) is 17.8. The van der Waals surface area contributed by atoms with Crippen LogP contribution in [-0.2, 0) is 10.0 Å². The maximum atomic E-state index is 12.6. The third kappa shape index (κ3) is 3.98. The van der Waals surface area contributed by atoms with Crippen molar-refractivity contribution in [3.8, 4) is 0 Å². The van der Waals surface area contributed by atoms with Crippen LogP contribution in [-0.4, -0.2) is 38.4 Å². The van der Waals surface area contributed by atoms with E-state index >= 15 is 0 Å². The van der Waals surface area contributed by atoms with E-state index in [1.165, 1.54) is 11.3 Å². The van der Waals surface area contributed by atoms with Crippen molar-refractivity contribution in [1.82, 2.24) is 9.62 Å². The van der Waals surface area contributed by atoms with Crippen LogP contribution >= 0.6 is 33.9 Å². The third-order valence-electron chi connectivity index (χ3n) is 3.97. The summed E-state index contributed by atoms with van der Waals surface area (Å²) in [4.78, 5) is 14.4. The van der Waals surface area contributed by atoms with Crippen LogP contribution in [0.5, 0.6) is 0 Å². The number of halogens is 1. The van der Waals surface area contributed by atoms with Gasteiger partial charge in [0.2, 0.25) is 10.0 Å². The topological polar surface area (TPSA) is 66.5 Å². The molecule has 0 bridgehead atoms. The molecular weight excluding hydrogens is 459 g/mol. The number of nitrogens with zero attached hydrogens (tertiary/aromatic N) is 1. The Morgan fingerprint density at radius 2 is 1.88 bits per heavy atom. The van der Waals surface area contributed by atoms with Gasteiger partial charge in [-0.2, -0.15) is 0 Å². The molecule has 1 aliphatic heterocycles. The zero-order chi connectivity index (χ0) is 17.2. The molecular formula is C16H17IN2O3S2. The van der Waals surface area contributed by atoms with Crippen LogP contribution < -0.4 is 4.72 Å². The standard InChI is InChI=1S/C16H17IN2O3S2/c17-14-5-2-1-4-13(14)16(20)19-9-7-12(8-10-19)18-24(21,22)15-6-3-11-23-15/h1-6,11-12,18H,7-10H2. The van der Waals surface area contributed by atoms with Gasteiger partial charge in [-0.3, -0.25) is 4.79 Å². The molecule has 2 aromatic rings. The van der Waals surface area contributed by atoms with E-state index in [9.17, 15) is 13.2 Å². The van der Waals surface area contributed by atoms with Crippen LogP contribution in [0.2, 0.25) is 0 Å². The summed E-state index contributed by atoms with van der Waals surface area (Å²) in [6.45, 7) is 1.11. The number of thiophene rings is 1. The van der Waals surface area contributed by atoms with Gasteiger partial charge in [-0.25, -0.2) is 13.1 Å². The fraction of sp³-hybridized carbons (Fsp3) is 0.312. The average Bonchev–Trinajstić information content (AvgIpc) is 3.10. The normalized spacial score (nSPS) is 16.3. The van der Waals surface area contributed by atoms with E-state index in [1.807, 2.05) is 24.3 Å². The maximum absolute atomic E-state index is 12.6. The second-order valence-corrected chi connectivity index (χ2v) is 9.65. The highest BCUT2D eigenvalue weighted by atomic mass is 127. The number of carbonyl (C=O) groups is 1. The van der Waals surface area contributed by atoms with Crippen molar-refractivity contribution in [1.29, 1.82) is 0 Å². The van der Waals surface area contributed by atoms with Gasteiger partial charge >= 0.3 is 0 Å². The fourth-order valence-corrected chi connectivity index (χ4v) is 5.63. The first-order chi connectivity index (χ1) is 11.5. The van der Waals surface area contributed by atoms with Gasteiger partial charge < -0.3 is 4.90 Å². The first-order valence-electron chi connectivity index (χ1n) is 7.57. The van der Waals surface area contributed by atoms with Gasteiger partial charge in [0.05, 0.1) is 5.56 Å². The van der Waals surface area contributed by atoms with E-state index < -0.39 is 10.0 Å². The van der Waals surface area contributed by atoms with Crippen molar-refractivity contribution >= 4 is 49.9 Å². The monoisotopic (exact) mass is 476 g/mol. The van der Waals surface area contributed by atoms with Crippen molar-refractivity contribution in [2.75, 3.05) is 13.1 Å². The summed E-state index contributed by atoms with van der Waals surface area (Å²) in [6, 6.07) is 10.7. The van der Waals surface area contributed by atoms with E-state index in [2.05, 4.69) is 27.3 Å². The van der Waals surface area contributed by atoms with Crippen molar-refractivity contribution in [3.05, 3.63) is 50.9 Å². The van der Waals surface area contributed by atoms with Crippen LogP contribution in [0, 0.1) is 3.57 Å². The highest BCUT2D eigenvalue weighted by Gasteiger charge is 2.28. The molecule has 3 rings (SSSR count). The molecule has 0 unspecified atom stereocenters. The van der Waals surface area contributed by atoms with Gasteiger partial charge in [-0.1, -0.05) is 18.2 Å². The molecule has 8 heteroatoms. The van der Waals surface area contributed by atoms with E-state index in [0.717, 1.165) is 3.57 Å².